The molecule has 2 atom stereocenters. The molecular formula is C22H33N3O2. The Morgan fingerprint density at radius 3 is 2.37 bits per heavy atom. The fraction of sp³-hybridized carbons (Fsp3) is 0.636. The Morgan fingerprint density at radius 2 is 1.78 bits per heavy atom. The topological polar surface area (TPSA) is 52.6 Å². The summed E-state index contributed by atoms with van der Waals surface area (Å²) in [6, 6.07) is 8.22. The monoisotopic (exact) mass is 371 g/mol. The van der Waals surface area contributed by atoms with E-state index in [1.807, 2.05) is 0 Å². The van der Waals surface area contributed by atoms with Gasteiger partial charge in [-0.3, -0.25) is 9.69 Å². The number of imide groups is 1. The van der Waals surface area contributed by atoms with Gasteiger partial charge in [0.25, 0.3) is 5.91 Å². The summed E-state index contributed by atoms with van der Waals surface area (Å²) >= 11 is 0. The molecule has 0 radical (unpaired) electrons. The molecule has 0 aromatic heterocycles. The Kier molecular flexibility index (Phi) is 5.89. The van der Waals surface area contributed by atoms with Gasteiger partial charge in [0.05, 0.1) is 6.67 Å². The Hall–Kier alpha value is -1.88. The van der Waals surface area contributed by atoms with Crippen molar-refractivity contribution in [2.24, 2.45) is 11.8 Å². The smallest absolute Gasteiger partial charge is 0.323 e. The predicted octanol–water partition coefficient (Wildman–Crippen LogP) is 3.91. The van der Waals surface area contributed by atoms with E-state index in [4.69, 9.17) is 0 Å². The summed E-state index contributed by atoms with van der Waals surface area (Å²) in [6.45, 7) is 10.4. The third kappa shape index (κ3) is 3.75. The van der Waals surface area contributed by atoms with Crippen LogP contribution in [0.25, 0.3) is 0 Å². The molecule has 1 saturated heterocycles. The van der Waals surface area contributed by atoms with Crippen LogP contribution in [0.1, 0.15) is 57.6 Å². The van der Waals surface area contributed by atoms with Gasteiger partial charge in [-0.25, -0.2) is 9.69 Å². The number of nitrogens with one attached hydrogen (secondary N) is 1. The van der Waals surface area contributed by atoms with E-state index in [1.54, 1.807) is 0 Å². The first-order chi connectivity index (χ1) is 12.9. The summed E-state index contributed by atoms with van der Waals surface area (Å²) in [5, 5.41) is 3.10. The molecule has 1 aliphatic carbocycles. The lowest BCUT2D eigenvalue weighted by Gasteiger charge is -2.42. The first kappa shape index (κ1) is 19.9. The average Bonchev–Trinajstić information content (AvgIpc) is 2.88. The fourth-order valence-electron chi connectivity index (χ4n) is 4.75. The van der Waals surface area contributed by atoms with Crippen molar-refractivity contribution in [2.45, 2.75) is 65.5 Å². The van der Waals surface area contributed by atoms with E-state index < -0.39 is 5.54 Å². The van der Waals surface area contributed by atoms with Crippen molar-refractivity contribution in [2.75, 3.05) is 13.2 Å². The summed E-state index contributed by atoms with van der Waals surface area (Å²) < 4.78 is 0. The molecule has 0 bridgehead atoms. The molecule has 27 heavy (non-hydrogen) atoms. The summed E-state index contributed by atoms with van der Waals surface area (Å²) in [5.74, 6) is 0.330. The number of urea groups is 1. The summed E-state index contributed by atoms with van der Waals surface area (Å²) in [7, 11) is 0. The van der Waals surface area contributed by atoms with Gasteiger partial charge >= 0.3 is 6.03 Å². The zero-order valence-electron chi connectivity index (χ0n) is 17.1. The van der Waals surface area contributed by atoms with Crippen molar-refractivity contribution in [1.82, 2.24) is 15.1 Å². The highest BCUT2D eigenvalue weighted by molar-refractivity contribution is 6.07. The molecule has 1 spiro atoms. The molecule has 1 N–H and O–H groups in total. The zero-order chi connectivity index (χ0) is 19.6. The molecule has 1 heterocycles. The van der Waals surface area contributed by atoms with Gasteiger partial charge < -0.3 is 5.32 Å². The number of rotatable bonds is 6. The van der Waals surface area contributed by atoms with Crippen LogP contribution in [0, 0.1) is 18.8 Å². The van der Waals surface area contributed by atoms with Crippen molar-refractivity contribution < 1.29 is 9.59 Å². The van der Waals surface area contributed by atoms with Gasteiger partial charge in [0.1, 0.15) is 5.54 Å². The van der Waals surface area contributed by atoms with E-state index in [1.165, 1.54) is 16.0 Å². The molecule has 1 saturated carbocycles. The van der Waals surface area contributed by atoms with Crippen LogP contribution in [0.5, 0.6) is 0 Å². The van der Waals surface area contributed by atoms with Crippen LogP contribution in [0.2, 0.25) is 0 Å². The standard InChI is InChI=1S/C22H33N3O2/c1-5-13-24(14-19-11-9-16(2)10-12-19)15-25-20(26)22(23-21(25)27)17(3)7-6-8-18(22)4/h9-12,17-18H,5-8,13-15H2,1-4H3,(H,23,27). The normalized spacial score (nSPS) is 28.3. The Balaban J connectivity index is 1.76. The highest BCUT2D eigenvalue weighted by Crippen LogP contribution is 2.42. The van der Waals surface area contributed by atoms with Crippen LogP contribution in [-0.2, 0) is 11.3 Å². The van der Waals surface area contributed by atoms with Crippen LogP contribution in [0.4, 0.5) is 4.79 Å². The van der Waals surface area contributed by atoms with Gasteiger partial charge in [-0.05, 0) is 50.1 Å². The summed E-state index contributed by atoms with van der Waals surface area (Å²) in [6.07, 6.45) is 4.09. The van der Waals surface area contributed by atoms with Gasteiger partial charge in [0.2, 0.25) is 0 Å². The molecular weight excluding hydrogens is 338 g/mol. The maximum Gasteiger partial charge on any atom is 0.326 e. The largest absolute Gasteiger partial charge is 0.326 e. The van der Waals surface area contributed by atoms with E-state index in [-0.39, 0.29) is 23.8 Å². The van der Waals surface area contributed by atoms with Gasteiger partial charge in [-0.15, -0.1) is 0 Å². The minimum Gasteiger partial charge on any atom is -0.323 e. The Labute approximate surface area is 163 Å². The van der Waals surface area contributed by atoms with Crippen LogP contribution in [0.3, 0.4) is 0 Å². The average molecular weight is 372 g/mol. The van der Waals surface area contributed by atoms with Crippen molar-refractivity contribution in [3.05, 3.63) is 35.4 Å². The number of benzene rings is 1. The second kappa shape index (κ2) is 8.01. The van der Waals surface area contributed by atoms with Crippen molar-refractivity contribution in [3.8, 4) is 0 Å². The number of amides is 3. The fourth-order valence-corrected chi connectivity index (χ4v) is 4.75. The van der Waals surface area contributed by atoms with Gasteiger partial charge in [0.15, 0.2) is 0 Å². The van der Waals surface area contributed by atoms with E-state index in [0.717, 1.165) is 38.8 Å². The van der Waals surface area contributed by atoms with Crippen LogP contribution in [0.15, 0.2) is 24.3 Å². The molecule has 3 rings (SSSR count). The summed E-state index contributed by atoms with van der Waals surface area (Å²) in [5.41, 5.74) is 1.73. The number of carbonyl (C=O) groups is 2. The van der Waals surface area contributed by atoms with E-state index in [2.05, 4.69) is 62.2 Å². The van der Waals surface area contributed by atoms with Crippen molar-refractivity contribution in [3.63, 3.8) is 0 Å². The lowest BCUT2D eigenvalue weighted by atomic mass is 9.67. The minimum atomic E-state index is -0.711. The minimum absolute atomic E-state index is 0.0304. The Bertz CT molecular complexity index is 675. The molecule has 2 unspecified atom stereocenters. The zero-order valence-corrected chi connectivity index (χ0v) is 17.1. The second-order valence-electron chi connectivity index (χ2n) is 8.44. The van der Waals surface area contributed by atoms with E-state index >= 15 is 0 Å². The molecule has 148 valence electrons. The lowest BCUT2D eigenvalue weighted by molar-refractivity contribution is -0.138. The molecule has 1 aromatic carbocycles. The van der Waals surface area contributed by atoms with E-state index in [9.17, 15) is 9.59 Å². The van der Waals surface area contributed by atoms with Crippen LogP contribution in [-0.4, -0.2) is 40.5 Å². The SMILES string of the molecule is CCCN(Cc1ccc(C)cc1)CN1C(=O)NC2(C1=O)C(C)CCCC2C. The predicted molar refractivity (Wildman–Crippen MR) is 107 cm³/mol. The molecule has 5 heteroatoms. The summed E-state index contributed by atoms with van der Waals surface area (Å²) in [4.78, 5) is 29.8. The highest BCUT2D eigenvalue weighted by atomic mass is 16.2. The molecule has 1 aromatic rings. The lowest BCUT2D eigenvalue weighted by Crippen LogP contribution is -2.59. The number of hydrogen-bond acceptors (Lipinski definition) is 3. The second-order valence-corrected chi connectivity index (χ2v) is 8.44. The molecule has 1 aliphatic heterocycles. The maximum absolute atomic E-state index is 13.4. The molecule has 2 fully saturated rings. The number of carbonyl (C=O) groups excluding carboxylic acids is 2. The van der Waals surface area contributed by atoms with Gasteiger partial charge in [-0.1, -0.05) is 57.0 Å². The Morgan fingerprint density at radius 1 is 1.15 bits per heavy atom. The van der Waals surface area contributed by atoms with Gasteiger partial charge in [-0.2, -0.15) is 0 Å². The van der Waals surface area contributed by atoms with Crippen LogP contribution < -0.4 is 5.32 Å². The van der Waals surface area contributed by atoms with Gasteiger partial charge in [0, 0.05) is 6.54 Å². The number of nitrogens with zero attached hydrogens (tertiary/aromatic N) is 2. The first-order valence-corrected chi connectivity index (χ1v) is 10.3. The number of aryl methyl sites for hydroxylation is 1. The van der Waals surface area contributed by atoms with Crippen LogP contribution >= 0.6 is 0 Å². The van der Waals surface area contributed by atoms with E-state index in [0.29, 0.717) is 6.67 Å². The highest BCUT2D eigenvalue weighted by Gasteiger charge is 2.58. The van der Waals surface area contributed by atoms with Crippen molar-refractivity contribution in [1.29, 1.82) is 0 Å². The third-order valence-electron chi connectivity index (χ3n) is 6.39. The molecule has 2 aliphatic rings. The quantitative estimate of drug-likeness (QED) is 0.772. The molecule has 3 amide bonds. The van der Waals surface area contributed by atoms with Crippen molar-refractivity contribution >= 4 is 11.9 Å². The first-order valence-electron chi connectivity index (χ1n) is 10.3. The third-order valence-corrected chi connectivity index (χ3v) is 6.39. The number of hydrogen-bond donors (Lipinski definition) is 1. The maximum atomic E-state index is 13.4. The molecule has 5 nitrogen and oxygen atoms in total.